The van der Waals surface area contributed by atoms with E-state index >= 15 is 0 Å². The Morgan fingerprint density at radius 2 is 1.62 bits per heavy atom. The van der Waals surface area contributed by atoms with Crippen molar-refractivity contribution in [3.05, 3.63) is 54.6 Å². The minimum Gasteiger partial charge on any atom is -0.460 e. The molecule has 0 radical (unpaired) electrons. The van der Waals surface area contributed by atoms with Crippen LogP contribution in [0.25, 0.3) is 0 Å². The third-order valence-electron chi connectivity index (χ3n) is 4.28. The summed E-state index contributed by atoms with van der Waals surface area (Å²) in [7, 11) is 0. The number of carbonyl (C=O) groups is 1. The van der Waals surface area contributed by atoms with Crippen LogP contribution in [0.3, 0.4) is 0 Å². The maximum absolute atomic E-state index is 12.0. The first kappa shape index (κ1) is 18.1. The molecule has 26 heavy (non-hydrogen) atoms. The van der Waals surface area contributed by atoms with Crippen LogP contribution in [-0.2, 0) is 9.53 Å². The highest BCUT2D eigenvalue weighted by molar-refractivity contribution is 5.75. The fourth-order valence-electron chi connectivity index (χ4n) is 2.73. The lowest BCUT2D eigenvalue weighted by molar-refractivity contribution is -0.157. The molecule has 5 nitrogen and oxygen atoms in total. The fourth-order valence-corrected chi connectivity index (χ4v) is 2.73. The Hall–Kier alpha value is -2.69. The van der Waals surface area contributed by atoms with E-state index in [1.165, 1.54) is 0 Å². The average Bonchev–Trinajstić information content (AvgIpc) is 3.09. The van der Waals surface area contributed by atoms with Crippen LogP contribution in [0.1, 0.15) is 27.2 Å². The van der Waals surface area contributed by atoms with Gasteiger partial charge < -0.3 is 9.64 Å². The lowest BCUT2D eigenvalue weighted by Crippen LogP contribution is -2.30. The smallest absolute Gasteiger partial charge is 0.311 e. The zero-order chi connectivity index (χ0) is 18.6. The molecule has 0 saturated carbocycles. The van der Waals surface area contributed by atoms with Gasteiger partial charge in [0.05, 0.1) is 23.3 Å². The molecule has 3 rings (SSSR count). The minimum atomic E-state index is -0.459. The summed E-state index contributed by atoms with van der Waals surface area (Å²) in [5, 5.41) is 8.49. The summed E-state index contributed by atoms with van der Waals surface area (Å²) in [6, 6.07) is 17.6. The van der Waals surface area contributed by atoms with Crippen LogP contribution in [-0.4, -0.2) is 25.2 Å². The van der Waals surface area contributed by atoms with Gasteiger partial charge in [0.2, 0.25) is 0 Å². The standard InChI is InChI=1S/C21H25N3O2/c1-21(2,3)20(25)26-19-13-14-24(15-19)18-11-9-17(10-12-18)23-22-16-7-5-4-6-8-16/h4-12,19H,13-15H2,1-3H3/t19-/m0/s1. The second-order valence-electron chi connectivity index (χ2n) is 7.56. The zero-order valence-corrected chi connectivity index (χ0v) is 15.6. The summed E-state index contributed by atoms with van der Waals surface area (Å²) in [5.74, 6) is -0.138. The van der Waals surface area contributed by atoms with Gasteiger partial charge in [0.25, 0.3) is 0 Å². The molecular formula is C21H25N3O2. The SMILES string of the molecule is CC(C)(C)C(=O)O[C@H]1CCN(c2ccc(N=Nc3ccccc3)cc2)C1. The van der Waals surface area contributed by atoms with Crippen molar-refractivity contribution in [3.63, 3.8) is 0 Å². The number of anilines is 1. The predicted molar refractivity (Wildman–Crippen MR) is 103 cm³/mol. The van der Waals surface area contributed by atoms with Gasteiger partial charge in [0.15, 0.2) is 0 Å². The molecule has 0 unspecified atom stereocenters. The first-order chi connectivity index (χ1) is 12.4. The molecule has 136 valence electrons. The van der Waals surface area contributed by atoms with Crippen molar-refractivity contribution < 1.29 is 9.53 Å². The Balaban J connectivity index is 1.58. The van der Waals surface area contributed by atoms with E-state index in [9.17, 15) is 4.79 Å². The van der Waals surface area contributed by atoms with Crippen LogP contribution < -0.4 is 4.90 Å². The van der Waals surface area contributed by atoms with E-state index in [0.29, 0.717) is 0 Å². The molecule has 2 aromatic rings. The fraction of sp³-hybridized carbons (Fsp3) is 0.381. The van der Waals surface area contributed by atoms with Crippen molar-refractivity contribution in [3.8, 4) is 0 Å². The van der Waals surface area contributed by atoms with E-state index in [4.69, 9.17) is 4.74 Å². The number of nitrogens with zero attached hydrogens (tertiary/aromatic N) is 3. The van der Waals surface area contributed by atoms with Crippen LogP contribution in [0.15, 0.2) is 64.8 Å². The van der Waals surface area contributed by atoms with E-state index in [0.717, 1.165) is 36.6 Å². The van der Waals surface area contributed by atoms with E-state index in [-0.39, 0.29) is 12.1 Å². The van der Waals surface area contributed by atoms with Crippen LogP contribution in [0, 0.1) is 5.41 Å². The third kappa shape index (κ3) is 4.69. The summed E-state index contributed by atoms with van der Waals surface area (Å²) in [5.41, 5.74) is 2.30. The molecule has 1 heterocycles. The molecule has 0 aromatic heterocycles. The number of esters is 1. The van der Waals surface area contributed by atoms with E-state index in [1.54, 1.807) is 0 Å². The second kappa shape index (κ2) is 7.68. The number of hydrogen-bond donors (Lipinski definition) is 0. The largest absolute Gasteiger partial charge is 0.460 e. The van der Waals surface area contributed by atoms with Crippen molar-refractivity contribution in [1.29, 1.82) is 0 Å². The highest BCUT2D eigenvalue weighted by Gasteiger charge is 2.30. The van der Waals surface area contributed by atoms with Gasteiger partial charge in [-0.15, -0.1) is 0 Å². The maximum Gasteiger partial charge on any atom is 0.311 e. The molecule has 0 aliphatic carbocycles. The molecule has 0 amide bonds. The Bertz CT molecular complexity index is 764. The van der Waals surface area contributed by atoms with E-state index in [1.807, 2.05) is 75.4 Å². The van der Waals surface area contributed by atoms with Crippen LogP contribution >= 0.6 is 0 Å². The molecule has 1 aliphatic rings. The third-order valence-corrected chi connectivity index (χ3v) is 4.28. The van der Waals surface area contributed by atoms with E-state index in [2.05, 4.69) is 15.1 Å². The predicted octanol–water partition coefficient (Wildman–Crippen LogP) is 5.27. The lowest BCUT2D eigenvalue weighted by atomic mass is 9.97. The number of benzene rings is 2. The van der Waals surface area contributed by atoms with Crippen LogP contribution in [0.2, 0.25) is 0 Å². The molecule has 1 atom stereocenters. The number of azo groups is 1. The first-order valence-corrected chi connectivity index (χ1v) is 8.95. The summed E-state index contributed by atoms with van der Waals surface area (Å²) in [6.07, 6.45) is 0.816. The summed E-state index contributed by atoms with van der Waals surface area (Å²) >= 11 is 0. The molecule has 5 heteroatoms. The Morgan fingerprint density at radius 1 is 1.00 bits per heavy atom. The molecule has 0 spiro atoms. The number of ether oxygens (including phenoxy) is 1. The summed E-state index contributed by atoms with van der Waals surface area (Å²) in [6.45, 7) is 7.25. The van der Waals surface area contributed by atoms with Crippen LogP contribution in [0.4, 0.5) is 17.1 Å². The van der Waals surface area contributed by atoms with Gasteiger partial charge in [0, 0.05) is 18.7 Å². The van der Waals surface area contributed by atoms with Crippen molar-refractivity contribution in [2.75, 3.05) is 18.0 Å². The molecule has 1 fully saturated rings. The molecule has 1 aliphatic heterocycles. The Labute approximate surface area is 154 Å². The van der Waals surface area contributed by atoms with Crippen molar-refractivity contribution in [1.82, 2.24) is 0 Å². The Morgan fingerprint density at radius 3 is 2.23 bits per heavy atom. The monoisotopic (exact) mass is 351 g/mol. The molecule has 0 N–H and O–H groups in total. The summed E-state index contributed by atoms with van der Waals surface area (Å²) in [4.78, 5) is 14.3. The van der Waals surface area contributed by atoms with Gasteiger partial charge in [-0.1, -0.05) is 18.2 Å². The first-order valence-electron chi connectivity index (χ1n) is 8.95. The zero-order valence-electron chi connectivity index (χ0n) is 15.6. The topological polar surface area (TPSA) is 54.3 Å². The van der Waals surface area contributed by atoms with Gasteiger partial charge in [-0.25, -0.2) is 0 Å². The molecular weight excluding hydrogens is 326 g/mol. The normalized spacial score (nSPS) is 17.7. The van der Waals surface area contributed by atoms with Gasteiger partial charge >= 0.3 is 5.97 Å². The highest BCUT2D eigenvalue weighted by atomic mass is 16.5. The lowest BCUT2D eigenvalue weighted by Gasteiger charge is -2.22. The molecule has 0 bridgehead atoms. The van der Waals surface area contributed by atoms with Crippen molar-refractivity contribution in [2.45, 2.75) is 33.3 Å². The second-order valence-corrected chi connectivity index (χ2v) is 7.56. The van der Waals surface area contributed by atoms with E-state index < -0.39 is 5.41 Å². The maximum atomic E-state index is 12.0. The number of hydrogen-bond acceptors (Lipinski definition) is 5. The number of carbonyl (C=O) groups excluding carboxylic acids is 1. The van der Waals surface area contributed by atoms with Crippen LogP contribution in [0.5, 0.6) is 0 Å². The summed E-state index contributed by atoms with van der Waals surface area (Å²) < 4.78 is 5.62. The molecule has 2 aromatic carbocycles. The van der Waals surface area contributed by atoms with Gasteiger partial charge in [-0.2, -0.15) is 10.2 Å². The minimum absolute atomic E-state index is 0.0424. The Kier molecular flexibility index (Phi) is 5.35. The average molecular weight is 351 g/mol. The van der Waals surface area contributed by atoms with Crippen molar-refractivity contribution >= 4 is 23.0 Å². The van der Waals surface area contributed by atoms with Crippen molar-refractivity contribution in [2.24, 2.45) is 15.6 Å². The van der Waals surface area contributed by atoms with Gasteiger partial charge in [-0.3, -0.25) is 4.79 Å². The quantitative estimate of drug-likeness (QED) is 0.557. The number of rotatable bonds is 4. The van der Waals surface area contributed by atoms with Gasteiger partial charge in [-0.05, 0) is 57.2 Å². The van der Waals surface area contributed by atoms with Gasteiger partial charge in [0.1, 0.15) is 6.10 Å². The highest BCUT2D eigenvalue weighted by Crippen LogP contribution is 2.27. The molecule has 1 saturated heterocycles.